The van der Waals surface area contributed by atoms with E-state index in [9.17, 15) is 4.79 Å². The maximum Gasteiger partial charge on any atom is 0.306 e. The molecule has 0 aliphatic carbocycles. The molecule has 1 aromatic carbocycles. The Morgan fingerprint density at radius 2 is 2.25 bits per heavy atom. The summed E-state index contributed by atoms with van der Waals surface area (Å²) in [6.07, 6.45) is 1.25. The van der Waals surface area contributed by atoms with Crippen molar-refractivity contribution in [2.45, 2.75) is 19.8 Å². The van der Waals surface area contributed by atoms with Crippen molar-refractivity contribution in [2.24, 2.45) is 5.92 Å². The minimum atomic E-state index is -0.773. The number of carboxylic acid groups (broad SMARTS) is 1. The predicted octanol–water partition coefficient (Wildman–Crippen LogP) is 3.00. The smallest absolute Gasteiger partial charge is 0.306 e. The summed E-state index contributed by atoms with van der Waals surface area (Å²) in [5.74, 6) is -0.414. The summed E-state index contributed by atoms with van der Waals surface area (Å²) in [7, 11) is 1.58. The molecule has 0 aliphatic rings. The summed E-state index contributed by atoms with van der Waals surface area (Å²) < 4.78 is 5.04. The molecule has 3 nitrogen and oxygen atoms in total. The van der Waals surface area contributed by atoms with E-state index in [0.717, 1.165) is 5.56 Å². The van der Waals surface area contributed by atoms with Crippen LogP contribution < -0.4 is 4.74 Å². The summed E-state index contributed by atoms with van der Waals surface area (Å²) in [6.45, 7) is 1.69. The molecule has 1 atom stereocenters. The van der Waals surface area contributed by atoms with Gasteiger partial charge in [0.2, 0.25) is 0 Å². The molecule has 0 bridgehead atoms. The van der Waals surface area contributed by atoms with Gasteiger partial charge in [-0.2, -0.15) is 0 Å². The first-order valence-corrected chi connectivity index (χ1v) is 5.47. The number of rotatable bonds is 5. The first-order valence-electron chi connectivity index (χ1n) is 5.09. The van der Waals surface area contributed by atoms with E-state index < -0.39 is 5.97 Å². The molecule has 0 saturated heterocycles. The summed E-state index contributed by atoms with van der Waals surface area (Å²) in [5, 5.41) is 9.38. The Balaban J connectivity index is 2.64. The molecule has 1 aromatic rings. The van der Waals surface area contributed by atoms with Crippen molar-refractivity contribution in [2.75, 3.05) is 7.11 Å². The molecular weight excluding hydrogens is 228 g/mol. The summed E-state index contributed by atoms with van der Waals surface area (Å²) in [6, 6.07) is 5.44. The van der Waals surface area contributed by atoms with Crippen LogP contribution in [0.3, 0.4) is 0 Å². The first kappa shape index (κ1) is 12.8. The van der Waals surface area contributed by atoms with Crippen LogP contribution in [0, 0.1) is 5.92 Å². The molecule has 16 heavy (non-hydrogen) atoms. The van der Waals surface area contributed by atoms with Gasteiger partial charge in [0.25, 0.3) is 0 Å². The van der Waals surface area contributed by atoms with Gasteiger partial charge < -0.3 is 9.84 Å². The lowest BCUT2D eigenvalue weighted by Gasteiger charge is -2.08. The molecule has 0 heterocycles. The number of halogens is 1. The SMILES string of the molecule is COc1ccc(CCC(C)C(=O)O)c(Cl)c1. The molecule has 0 fully saturated rings. The molecule has 88 valence electrons. The normalized spacial score (nSPS) is 12.2. The highest BCUT2D eigenvalue weighted by atomic mass is 35.5. The lowest BCUT2D eigenvalue weighted by atomic mass is 10.0. The van der Waals surface area contributed by atoms with Crippen LogP contribution in [0.1, 0.15) is 18.9 Å². The van der Waals surface area contributed by atoms with E-state index in [1.54, 1.807) is 20.1 Å². The molecule has 0 saturated carbocycles. The summed E-state index contributed by atoms with van der Waals surface area (Å²) >= 11 is 6.04. The zero-order valence-electron chi connectivity index (χ0n) is 9.37. The maximum absolute atomic E-state index is 10.7. The van der Waals surface area contributed by atoms with E-state index in [2.05, 4.69) is 0 Å². The summed E-state index contributed by atoms with van der Waals surface area (Å²) in [5.41, 5.74) is 0.954. The van der Waals surface area contributed by atoms with Crippen LogP contribution in [0.15, 0.2) is 18.2 Å². The lowest BCUT2D eigenvalue weighted by molar-refractivity contribution is -0.141. The average molecular weight is 243 g/mol. The Labute approximate surface area is 100.0 Å². The van der Waals surface area contributed by atoms with Gasteiger partial charge in [0, 0.05) is 5.02 Å². The van der Waals surface area contributed by atoms with Gasteiger partial charge in [-0.05, 0) is 30.5 Å². The van der Waals surface area contributed by atoms with Gasteiger partial charge in [0.05, 0.1) is 13.0 Å². The fourth-order valence-corrected chi connectivity index (χ4v) is 1.62. The van der Waals surface area contributed by atoms with Gasteiger partial charge in [-0.1, -0.05) is 24.6 Å². The third-order valence-corrected chi connectivity index (χ3v) is 2.88. The van der Waals surface area contributed by atoms with Gasteiger partial charge in [-0.25, -0.2) is 0 Å². The van der Waals surface area contributed by atoms with Gasteiger partial charge in [0.15, 0.2) is 0 Å². The molecule has 1 rings (SSSR count). The zero-order valence-corrected chi connectivity index (χ0v) is 10.1. The van der Waals surface area contributed by atoms with Crippen molar-refractivity contribution in [1.82, 2.24) is 0 Å². The van der Waals surface area contributed by atoms with E-state index in [1.165, 1.54) is 0 Å². The van der Waals surface area contributed by atoms with Crippen molar-refractivity contribution in [3.05, 3.63) is 28.8 Å². The van der Waals surface area contributed by atoms with Crippen molar-refractivity contribution >= 4 is 17.6 Å². The fraction of sp³-hybridized carbons (Fsp3) is 0.417. The Bertz CT molecular complexity index is 377. The number of hydrogen-bond acceptors (Lipinski definition) is 2. The van der Waals surface area contributed by atoms with Crippen molar-refractivity contribution in [1.29, 1.82) is 0 Å². The van der Waals surface area contributed by atoms with Crippen LogP contribution in [0.25, 0.3) is 0 Å². The largest absolute Gasteiger partial charge is 0.497 e. The van der Waals surface area contributed by atoms with Crippen LogP contribution in [0.5, 0.6) is 5.75 Å². The molecule has 0 aliphatic heterocycles. The number of benzene rings is 1. The van der Waals surface area contributed by atoms with Crippen LogP contribution in [0.4, 0.5) is 0 Å². The van der Waals surface area contributed by atoms with Gasteiger partial charge in [-0.15, -0.1) is 0 Å². The number of carboxylic acids is 1. The standard InChI is InChI=1S/C12H15ClO3/c1-8(12(14)15)3-4-9-5-6-10(16-2)7-11(9)13/h5-8H,3-4H2,1-2H3,(H,14,15). The average Bonchev–Trinajstić information content (AvgIpc) is 2.26. The van der Waals surface area contributed by atoms with E-state index in [1.807, 2.05) is 12.1 Å². The molecule has 0 amide bonds. The zero-order chi connectivity index (χ0) is 12.1. The molecule has 4 heteroatoms. The number of aryl methyl sites for hydroxylation is 1. The van der Waals surface area contributed by atoms with Crippen LogP contribution in [-0.2, 0) is 11.2 Å². The van der Waals surface area contributed by atoms with E-state index in [-0.39, 0.29) is 5.92 Å². The monoisotopic (exact) mass is 242 g/mol. The minimum absolute atomic E-state index is 0.349. The van der Waals surface area contributed by atoms with Gasteiger partial charge >= 0.3 is 5.97 Å². The van der Waals surface area contributed by atoms with E-state index >= 15 is 0 Å². The van der Waals surface area contributed by atoms with Gasteiger partial charge in [-0.3, -0.25) is 4.79 Å². The number of methoxy groups -OCH3 is 1. The minimum Gasteiger partial charge on any atom is -0.497 e. The maximum atomic E-state index is 10.7. The molecule has 1 N–H and O–H groups in total. The second-order valence-corrected chi connectivity index (χ2v) is 4.14. The lowest BCUT2D eigenvalue weighted by Crippen LogP contribution is -2.10. The quantitative estimate of drug-likeness (QED) is 0.864. The molecule has 0 aromatic heterocycles. The first-order chi connectivity index (χ1) is 7.54. The van der Waals surface area contributed by atoms with Crippen LogP contribution >= 0.6 is 11.6 Å². The second-order valence-electron chi connectivity index (χ2n) is 3.74. The third kappa shape index (κ3) is 3.42. The van der Waals surface area contributed by atoms with Crippen molar-refractivity contribution in [3.63, 3.8) is 0 Å². The Hall–Kier alpha value is -1.22. The van der Waals surface area contributed by atoms with E-state index in [0.29, 0.717) is 23.6 Å². The Morgan fingerprint density at radius 1 is 1.56 bits per heavy atom. The topological polar surface area (TPSA) is 46.5 Å². The van der Waals surface area contributed by atoms with Crippen LogP contribution in [0.2, 0.25) is 5.02 Å². The van der Waals surface area contributed by atoms with Crippen LogP contribution in [-0.4, -0.2) is 18.2 Å². The van der Waals surface area contributed by atoms with Crippen molar-refractivity contribution < 1.29 is 14.6 Å². The van der Waals surface area contributed by atoms with Gasteiger partial charge in [0.1, 0.15) is 5.75 Å². The van der Waals surface area contributed by atoms with Crippen molar-refractivity contribution in [3.8, 4) is 5.75 Å². The second kappa shape index (κ2) is 5.75. The number of ether oxygens (including phenoxy) is 1. The molecule has 0 spiro atoms. The molecule has 0 radical (unpaired) electrons. The molecular formula is C12H15ClO3. The number of aliphatic carboxylic acids is 1. The molecule has 1 unspecified atom stereocenters. The highest BCUT2D eigenvalue weighted by molar-refractivity contribution is 6.31. The highest BCUT2D eigenvalue weighted by Crippen LogP contribution is 2.24. The Kier molecular flexibility index (Phi) is 4.62. The highest BCUT2D eigenvalue weighted by Gasteiger charge is 2.11. The number of hydrogen-bond donors (Lipinski definition) is 1. The third-order valence-electron chi connectivity index (χ3n) is 2.53. The predicted molar refractivity (Wildman–Crippen MR) is 63.1 cm³/mol. The van der Waals surface area contributed by atoms with E-state index in [4.69, 9.17) is 21.4 Å². The fourth-order valence-electron chi connectivity index (χ4n) is 1.35. The number of carbonyl (C=O) groups is 1. The Morgan fingerprint density at radius 3 is 2.75 bits per heavy atom. The summed E-state index contributed by atoms with van der Waals surface area (Å²) in [4.78, 5) is 10.7.